The number of nitrogens with one attached hydrogen (secondary N) is 2. The van der Waals surface area contributed by atoms with Crippen molar-refractivity contribution in [2.45, 2.75) is 19.9 Å². The van der Waals surface area contributed by atoms with Crippen molar-refractivity contribution in [3.05, 3.63) is 35.6 Å². The fourth-order valence-corrected chi connectivity index (χ4v) is 2.00. The highest BCUT2D eigenvalue weighted by Crippen LogP contribution is 2.04. The zero-order chi connectivity index (χ0) is 13.9. The van der Waals surface area contributed by atoms with Crippen molar-refractivity contribution in [1.29, 1.82) is 0 Å². The van der Waals surface area contributed by atoms with Gasteiger partial charge in [-0.25, -0.2) is 9.38 Å². The van der Waals surface area contributed by atoms with Crippen LogP contribution < -0.4 is 10.6 Å². The smallest absolute Gasteiger partial charge is 0.191 e. The lowest BCUT2D eigenvalue weighted by Crippen LogP contribution is -2.37. The summed E-state index contributed by atoms with van der Waals surface area (Å²) in [6.07, 6.45) is 3.20. The van der Waals surface area contributed by atoms with Crippen molar-refractivity contribution >= 4 is 17.7 Å². The van der Waals surface area contributed by atoms with Gasteiger partial charge in [0.25, 0.3) is 0 Å². The summed E-state index contributed by atoms with van der Waals surface area (Å²) in [5.74, 6) is 1.70. The van der Waals surface area contributed by atoms with Gasteiger partial charge in [0, 0.05) is 13.1 Å². The largest absolute Gasteiger partial charge is 0.357 e. The Balaban J connectivity index is 2.47. The molecule has 1 aromatic rings. The van der Waals surface area contributed by atoms with Crippen molar-refractivity contribution in [3.63, 3.8) is 0 Å². The van der Waals surface area contributed by atoms with Gasteiger partial charge in [0.05, 0.1) is 6.54 Å². The molecule has 0 fully saturated rings. The lowest BCUT2D eigenvalue weighted by molar-refractivity contribution is 0.625. The van der Waals surface area contributed by atoms with E-state index in [2.05, 4.69) is 21.9 Å². The molecule has 0 bridgehead atoms. The molecule has 0 aliphatic rings. The van der Waals surface area contributed by atoms with Crippen LogP contribution in [0.15, 0.2) is 29.3 Å². The van der Waals surface area contributed by atoms with E-state index in [-0.39, 0.29) is 5.82 Å². The van der Waals surface area contributed by atoms with Crippen molar-refractivity contribution in [2.75, 3.05) is 25.1 Å². The van der Waals surface area contributed by atoms with Gasteiger partial charge >= 0.3 is 0 Å². The number of rotatable bonds is 7. The van der Waals surface area contributed by atoms with E-state index >= 15 is 0 Å². The summed E-state index contributed by atoms with van der Waals surface area (Å²) >= 11 is 1.84. The Labute approximate surface area is 119 Å². The van der Waals surface area contributed by atoms with Gasteiger partial charge in [-0.05, 0) is 43.0 Å². The van der Waals surface area contributed by atoms with Crippen LogP contribution in [0.3, 0.4) is 0 Å². The summed E-state index contributed by atoms with van der Waals surface area (Å²) in [5, 5.41) is 6.45. The number of aliphatic imine (C=N–C) groups is 1. The highest BCUT2D eigenvalue weighted by Gasteiger charge is 1.98. The maximum Gasteiger partial charge on any atom is 0.191 e. The molecule has 0 heterocycles. The Morgan fingerprint density at radius 3 is 2.89 bits per heavy atom. The number of thioether (sulfide) groups is 1. The Kier molecular flexibility index (Phi) is 8.05. The minimum absolute atomic E-state index is 0.217. The first-order chi connectivity index (χ1) is 9.26. The third-order valence-electron chi connectivity index (χ3n) is 2.47. The first-order valence-corrected chi connectivity index (χ1v) is 7.91. The van der Waals surface area contributed by atoms with E-state index in [1.807, 2.05) is 24.8 Å². The molecule has 0 aromatic heterocycles. The fraction of sp³-hybridized carbons (Fsp3) is 0.500. The van der Waals surface area contributed by atoms with Crippen LogP contribution in [0.2, 0.25) is 0 Å². The monoisotopic (exact) mass is 283 g/mol. The van der Waals surface area contributed by atoms with E-state index in [1.165, 1.54) is 12.1 Å². The summed E-state index contributed by atoms with van der Waals surface area (Å²) in [6.45, 7) is 4.23. The average molecular weight is 283 g/mol. The van der Waals surface area contributed by atoms with Crippen LogP contribution in [0.4, 0.5) is 4.39 Å². The summed E-state index contributed by atoms with van der Waals surface area (Å²) in [5.41, 5.74) is 0.876. The van der Waals surface area contributed by atoms with E-state index in [9.17, 15) is 4.39 Å². The van der Waals surface area contributed by atoms with Gasteiger partial charge in [-0.1, -0.05) is 12.1 Å². The number of nitrogens with zero attached hydrogens (tertiary/aromatic N) is 1. The van der Waals surface area contributed by atoms with Crippen molar-refractivity contribution in [1.82, 2.24) is 10.6 Å². The summed E-state index contributed by atoms with van der Waals surface area (Å²) in [4.78, 5) is 4.44. The van der Waals surface area contributed by atoms with E-state index in [4.69, 9.17) is 0 Å². The first-order valence-electron chi connectivity index (χ1n) is 6.51. The number of hydrogen-bond acceptors (Lipinski definition) is 2. The number of halogens is 1. The van der Waals surface area contributed by atoms with Crippen LogP contribution in [0.5, 0.6) is 0 Å². The molecule has 1 aromatic carbocycles. The Bertz CT molecular complexity index is 396. The number of guanidine groups is 1. The Morgan fingerprint density at radius 2 is 2.21 bits per heavy atom. The molecule has 0 spiro atoms. The molecule has 3 nitrogen and oxygen atoms in total. The van der Waals surface area contributed by atoms with Crippen LogP contribution >= 0.6 is 11.8 Å². The molecule has 1 rings (SSSR count). The number of hydrogen-bond donors (Lipinski definition) is 2. The molecule has 0 atom stereocenters. The highest BCUT2D eigenvalue weighted by molar-refractivity contribution is 7.98. The van der Waals surface area contributed by atoms with Gasteiger partial charge < -0.3 is 10.6 Å². The van der Waals surface area contributed by atoms with Crippen LogP contribution in [-0.4, -0.2) is 31.1 Å². The molecular formula is C14H22FN3S. The third kappa shape index (κ3) is 7.06. The Morgan fingerprint density at radius 1 is 1.37 bits per heavy atom. The molecular weight excluding hydrogens is 261 g/mol. The second-order valence-electron chi connectivity index (χ2n) is 4.10. The van der Waals surface area contributed by atoms with E-state index in [1.54, 1.807) is 6.07 Å². The lowest BCUT2D eigenvalue weighted by atomic mass is 10.2. The maximum absolute atomic E-state index is 13.0. The molecule has 0 aliphatic heterocycles. The highest BCUT2D eigenvalue weighted by atomic mass is 32.2. The molecule has 0 radical (unpaired) electrons. The maximum atomic E-state index is 13.0. The topological polar surface area (TPSA) is 36.4 Å². The minimum Gasteiger partial charge on any atom is -0.357 e. The molecule has 0 aliphatic carbocycles. The normalized spacial score (nSPS) is 11.4. The van der Waals surface area contributed by atoms with Crippen molar-refractivity contribution < 1.29 is 4.39 Å². The first kappa shape index (κ1) is 15.8. The molecule has 0 saturated carbocycles. The summed E-state index contributed by atoms with van der Waals surface area (Å²) in [6, 6.07) is 6.54. The SMILES string of the molecule is CCNC(=NCc1cccc(F)c1)NCCCSC. The molecule has 0 saturated heterocycles. The van der Waals surface area contributed by atoms with E-state index < -0.39 is 0 Å². The quantitative estimate of drug-likeness (QED) is 0.459. The predicted octanol–water partition coefficient (Wildman–Crippen LogP) is 2.63. The van der Waals surface area contributed by atoms with Gasteiger partial charge in [-0.2, -0.15) is 11.8 Å². The van der Waals surface area contributed by atoms with Crippen LogP contribution in [0, 0.1) is 5.82 Å². The van der Waals surface area contributed by atoms with Gasteiger partial charge in [-0.15, -0.1) is 0 Å². The molecule has 5 heteroatoms. The molecule has 19 heavy (non-hydrogen) atoms. The standard InChI is InChI=1S/C14H22FN3S/c1-3-16-14(17-8-5-9-19-2)18-11-12-6-4-7-13(15)10-12/h4,6-7,10H,3,5,8-9,11H2,1-2H3,(H2,16,17,18). The van der Waals surface area contributed by atoms with Gasteiger partial charge in [-0.3, -0.25) is 0 Å². The van der Waals surface area contributed by atoms with E-state index in [0.717, 1.165) is 36.8 Å². The van der Waals surface area contributed by atoms with Crippen LogP contribution in [-0.2, 0) is 6.54 Å². The van der Waals surface area contributed by atoms with Crippen LogP contribution in [0.25, 0.3) is 0 Å². The van der Waals surface area contributed by atoms with Crippen molar-refractivity contribution in [3.8, 4) is 0 Å². The molecule has 2 N–H and O–H groups in total. The lowest BCUT2D eigenvalue weighted by Gasteiger charge is -2.10. The number of benzene rings is 1. The molecule has 0 unspecified atom stereocenters. The van der Waals surface area contributed by atoms with Gasteiger partial charge in [0.2, 0.25) is 0 Å². The Hall–Kier alpha value is -1.23. The predicted molar refractivity (Wildman–Crippen MR) is 82.2 cm³/mol. The third-order valence-corrected chi connectivity index (χ3v) is 3.17. The molecule has 106 valence electrons. The second kappa shape index (κ2) is 9.67. The summed E-state index contributed by atoms with van der Waals surface area (Å²) in [7, 11) is 0. The van der Waals surface area contributed by atoms with Crippen LogP contribution in [0.1, 0.15) is 18.9 Å². The molecule has 0 amide bonds. The second-order valence-corrected chi connectivity index (χ2v) is 5.08. The summed E-state index contributed by atoms with van der Waals surface area (Å²) < 4.78 is 13.0. The van der Waals surface area contributed by atoms with Gasteiger partial charge in [0.15, 0.2) is 5.96 Å². The van der Waals surface area contributed by atoms with Gasteiger partial charge in [0.1, 0.15) is 5.82 Å². The average Bonchev–Trinajstić information content (AvgIpc) is 2.41. The van der Waals surface area contributed by atoms with E-state index in [0.29, 0.717) is 6.54 Å². The minimum atomic E-state index is -0.217. The van der Waals surface area contributed by atoms with Crippen molar-refractivity contribution in [2.24, 2.45) is 4.99 Å². The zero-order valence-corrected chi connectivity index (χ0v) is 12.4. The fourth-order valence-electron chi connectivity index (χ4n) is 1.57. The zero-order valence-electron chi connectivity index (χ0n) is 11.6.